The number of unbranched alkanes of at least 4 members (excludes halogenated alkanes) is 10. The highest BCUT2D eigenvalue weighted by Crippen LogP contribution is 2.48. The zero-order valence-corrected chi connectivity index (χ0v) is 90.8. The summed E-state index contributed by atoms with van der Waals surface area (Å²) in [5.74, 6) is 4.66. The highest BCUT2D eigenvalue weighted by Gasteiger charge is 2.55. The number of amides is 1. The summed E-state index contributed by atoms with van der Waals surface area (Å²) in [5, 5.41) is 76.9. The Morgan fingerprint density at radius 2 is 0.557 bits per heavy atom. The Bertz CT molecular complexity index is 2320. The first-order valence-corrected chi connectivity index (χ1v) is 51.9. The van der Waals surface area contributed by atoms with E-state index in [0.29, 0.717) is 112 Å². The first-order chi connectivity index (χ1) is 55.8. The van der Waals surface area contributed by atoms with Gasteiger partial charge in [-0.1, -0.05) is 398 Å². The van der Waals surface area contributed by atoms with E-state index in [1.54, 1.807) is 6.92 Å². The summed E-state index contributed by atoms with van der Waals surface area (Å²) < 4.78 is 63.1. The summed E-state index contributed by atoms with van der Waals surface area (Å²) in [6.07, 6.45) is 31.4. The molecule has 0 saturated carbocycles. The lowest BCUT2D eigenvalue weighted by Crippen LogP contribution is -2.45. The Kier molecular flexibility index (Phi) is 88.5. The number of aliphatic hydroxyl groups is 8. The molecule has 0 aliphatic rings. The van der Waals surface area contributed by atoms with E-state index >= 15 is 0 Å². The van der Waals surface area contributed by atoms with Gasteiger partial charge in [0.2, 0.25) is 15.9 Å². The van der Waals surface area contributed by atoms with Gasteiger partial charge in [-0.25, -0.2) is 13.1 Å². The minimum Gasteiger partial charge on any atom is -0.396 e. The van der Waals surface area contributed by atoms with Gasteiger partial charge in [-0.05, 0) is 185 Å². The Morgan fingerprint density at radius 1 is 0.303 bits per heavy atom. The van der Waals surface area contributed by atoms with Crippen molar-refractivity contribution < 1.29 is 67.2 Å². The van der Waals surface area contributed by atoms with Gasteiger partial charge in [0.25, 0.3) is 0 Å². The molecule has 0 saturated heterocycles. The normalized spacial score (nSPS) is 16.9. The topological polar surface area (TPSA) is 237 Å². The van der Waals surface area contributed by atoms with Crippen molar-refractivity contribution in [2.75, 3.05) is 65.6 Å². The van der Waals surface area contributed by atoms with Crippen LogP contribution in [0.4, 0.5) is 13.2 Å². The van der Waals surface area contributed by atoms with Gasteiger partial charge in [-0.3, -0.25) is 4.79 Å². The Hall–Kier alpha value is -1.15. The van der Waals surface area contributed by atoms with Crippen molar-refractivity contribution in [2.24, 2.45) is 113 Å². The third-order valence-electron chi connectivity index (χ3n) is 30.3. The fraction of sp³-hybridized carbons (Fsp3) is 0.990. The van der Waals surface area contributed by atoms with Gasteiger partial charge in [-0.15, -0.1) is 0 Å². The molecule has 122 heavy (non-hydrogen) atoms. The highest BCUT2D eigenvalue weighted by molar-refractivity contribution is 7.88. The molecule has 13 nitrogen and oxygen atoms in total. The molecule has 750 valence electrons. The molecule has 0 aliphatic heterocycles. The van der Waals surface area contributed by atoms with E-state index in [9.17, 15) is 57.0 Å². The molecule has 0 rings (SSSR count). The number of carbonyl (C=O) groups excluding carboxylic acids is 1. The smallest absolute Gasteiger partial charge is 0.396 e. The highest BCUT2D eigenvalue weighted by atomic mass is 32.2. The second-order valence-corrected chi connectivity index (χ2v) is 44.7. The quantitative estimate of drug-likeness (QED) is 0.0257. The number of hydrogen-bond donors (Lipinski definition) is 10. The van der Waals surface area contributed by atoms with Crippen LogP contribution in [0.3, 0.4) is 0 Å². The fourth-order valence-corrected chi connectivity index (χ4v) is 14.3. The Balaban J connectivity index is -0.000000143. The third-order valence-corrected chi connectivity index (χ3v) is 30.9. The van der Waals surface area contributed by atoms with E-state index in [2.05, 4.69) is 259 Å². The fourth-order valence-electron chi connectivity index (χ4n) is 13.7. The van der Waals surface area contributed by atoms with E-state index in [1.807, 2.05) is 13.8 Å². The molecule has 0 fully saturated rings. The molecular formula is C105H227F3N2O11S. The number of nitrogens with one attached hydrogen (secondary N) is 2. The number of sulfonamides is 1. The zero-order chi connectivity index (χ0) is 98.6. The van der Waals surface area contributed by atoms with Crippen molar-refractivity contribution >= 4 is 15.9 Å². The maximum atomic E-state index is 12.8. The zero-order valence-electron chi connectivity index (χ0n) is 90.0. The van der Waals surface area contributed by atoms with Crippen LogP contribution < -0.4 is 10.0 Å². The van der Waals surface area contributed by atoms with E-state index in [0.717, 1.165) is 77.2 Å². The van der Waals surface area contributed by atoms with Crippen LogP contribution in [0.1, 0.15) is 483 Å². The van der Waals surface area contributed by atoms with E-state index in [1.165, 1.54) is 129 Å². The second-order valence-electron chi connectivity index (χ2n) is 42.8. The summed E-state index contributed by atoms with van der Waals surface area (Å²) in [5.41, 5.74) is -0.554. The molecule has 1 amide bonds. The summed E-state index contributed by atoms with van der Waals surface area (Å²) in [6.45, 7) is 89.7. The van der Waals surface area contributed by atoms with Crippen molar-refractivity contribution in [3.05, 3.63) is 0 Å². The molecule has 17 heteroatoms. The monoisotopic (exact) mass is 1780 g/mol. The lowest BCUT2D eigenvalue weighted by atomic mass is 9.71. The van der Waals surface area contributed by atoms with E-state index < -0.39 is 34.1 Å². The first kappa shape index (κ1) is 141. The van der Waals surface area contributed by atoms with E-state index in [4.69, 9.17) is 10.2 Å². The predicted molar refractivity (Wildman–Crippen MR) is 533 cm³/mol. The minimum absolute atomic E-state index is 0.0150. The molecule has 10 N–H and O–H groups in total. The number of aliphatic hydroxyl groups excluding tert-OH is 8. The summed E-state index contributed by atoms with van der Waals surface area (Å²) in [7, 11) is -3.07. The van der Waals surface area contributed by atoms with Crippen molar-refractivity contribution in [1.29, 1.82) is 0 Å². The molecule has 0 bridgehead atoms. The molecule has 0 aromatic carbocycles. The van der Waals surface area contributed by atoms with Gasteiger partial charge >= 0.3 is 6.18 Å². The molecule has 0 aromatic rings. The number of alkyl halides is 3. The van der Waals surface area contributed by atoms with Crippen LogP contribution in [-0.4, -0.2) is 133 Å². The van der Waals surface area contributed by atoms with Crippen molar-refractivity contribution in [3.8, 4) is 0 Å². The largest absolute Gasteiger partial charge is 0.396 e. The molecule has 3 unspecified atom stereocenters. The Morgan fingerprint density at radius 3 is 0.746 bits per heavy atom. The predicted octanol–water partition coefficient (Wildman–Crippen LogP) is 29.3. The summed E-state index contributed by atoms with van der Waals surface area (Å²) in [6, 6.07) is 0. The molecular weight excluding hydrogens is 1550 g/mol. The van der Waals surface area contributed by atoms with Gasteiger partial charge < -0.3 is 46.2 Å². The van der Waals surface area contributed by atoms with Gasteiger partial charge in [-0.2, -0.15) is 13.2 Å². The van der Waals surface area contributed by atoms with Crippen LogP contribution in [0.5, 0.6) is 0 Å². The van der Waals surface area contributed by atoms with Crippen LogP contribution >= 0.6 is 0 Å². The van der Waals surface area contributed by atoms with Gasteiger partial charge in [0.1, 0.15) is 0 Å². The molecule has 0 aliphatic carbocycles. The summed E-state index contributed by atoms with van der Waals surface area (Å²) >= 11 is 0. The summed E-state index contributed by atoms with van der Waals surface area (Å²) in [4.78, 5) is 10.9. The van der Waals surface area contributed by atoms with Gasteiger partial charge in [0, 0.05) is 59.7 Å². The maximum absolute atomic E-state index is 12.8. The molecule has 0 aromatic heterocycles. The first-order valence-electron chi connectivity index (χ1n) is 50.0. The molecule has 0 radical (unpaired) electrons. The average Bonchev–Trinajstić information content (AvgIpc) is 0.790. The SMILES string of the molecule is CCCCC(C)(CO)C(C)C.CCCCC(CC)(CO)C(C)C.CCCCC[C@](C)(CO)C(C)C.CCCC[C@@](C)(C(C)C)C(C)O.CCCC[C@@](C)(CO)C(C)C.CCCC[C@@](CO)(C(C)C)C(F)(F)F.CCCC[C@](C)(CNC(C)=O)C(C)C.CCCC[C@](C)(CNS(C)(=O)=O)C(C)C.CCCC[C@](C)(CO)C(C)C.CCC[C@](C)(CO)C(C)C. The number of carbonyl (C=O) groups is 1. The van der Waals surface area contributed by atoms with Gasteiger partial charge in [0.05, 0.1) is 24.4 Å². The standard InChI is InChI=1S/C12H25NO.C11H25NO2S.3C11H24O.C10H19F3O.3C10H22O.C9H20O/c1-6-7-8-12(5,10(2)3)9-13-11(4)14;1-6-7-8-11(4,10(2)3)9-12-15(5,13)14;1-6-7-8-11(5,9(2)3)10(4)12;1-5-6-7-8-11(4,9-12)10(2)3;1-5-7-8-11(6-2,9-12)10(3)4;1-4-5-6-9(7-14,8(2)3)10(11,12)13;3*1-5-6-7-10(4,8-11)9(2)3;1-5-6-9(4,7-10)8(2)3/h10H,6-9H2,1-5H3,(H,13,14);10,12H,6-9H2,1-5H3;9-10,12H,6-8H2,1-5H3;2*10,12H,5-9H2,1-4H3;8,14H,4-7H2,1-3H3;3*9,11H,5-8H2,1-4H3;8,10H,5-7H2,1-4H3/t12-;11-;10?,11-;11-;;9-;2*10-;;9-/m1101.110.1/s1. The number of rotatable bonds is 54. The van der Waals surface area contributed by atoms with Crippen molar-refractivity contribution in [2.45, 2.75) is 495 Å². The average molecular weight is 1780 g/mol. The second kappa shape index (κ2) is 76.4. The number of hydrogen-bond acceptors (Lipinski definition) is 11. The molecule has 0 spiro atoms. The van der Waals surface area contributed by atoms with Crippen LogP contribution in [-0.2, 0) is 14.8 Å². The molecule has 11 atom stereocenters. The van der Waals surface area contributed by atoms with Crippen LogP contribution in [0.2, 0.25) is 0 Å². The minimum atomic E-state index is -4.31. The lowest BCUT2D eigenvalue weighted by Gasteiger charge is -2.37. The maximum Gasteiger partial charge on any atom is 0.396 e. The van der Waals surface area contributed by atoms with Crippen molar-refractivity contribution in [3.63, 3.8) is 0 Å². The van der Waals surface area contributed by atoms with Crippen molar-refractivity contribution in [1.82, 2.24) is 10.0 Å². The van der Waals surface area contributed by atoms with Crippen LogP contribution in [0.15, 0.2) is 0 Å². The van der Waals surface area contributed by atoms with Gasteiger partial charge in [0.15, 0.2) is 0 Å². The van der Waals surface area contributed by atoms with E-state index in [-0.39, 0.29) is 67.2 Å². The number of halogens is 3. The van der Waals surface area contributed by atoms with Crippen LogP contribution in [0, 0.1) is 113 Å². The Labute approximate surface area is 763 Å². The van der Waals surface area contributed by atoms with Crippen LogP contribution in [0.25, 0.3) is 0 Å². The third kappa shape index (κ3) is 63.8. The molecule has 0 heterocycles. The lowest BCUT2D eigenvalue weighted by molar-refractivity contribution is -0.254.